The summed E-state index contributed by atoms with van der Waals surface area (Å²) in [6.45, 7) is 1.18. The molecule has 1 atom stereocenters. The maximum absolute atomic E-state index is 11.4. The van der Waals surface area contributed by atoms with Crippen molar-refractivity contribution >= 4 is 17.8 Å². The maximum Gasteiger partial charge on any atom is 0.325 e. The van der Waals surface area contributed by atoms with Gasteiger partial charge in [0.25, 0.3) is 0 Å². The minimum absolute atomic E-state index is 0.150. The van der Waals surface area contributed by atoms with Crippen LogP contribution in [0.1, 0.15) is 12.5 Å². The van der Waals surface area contributed by atoms with Crippen LogP contribution in [0.25, 0.3) is 0 Å². The SMILES string of the molecule is C[C@@H](N)C(=O)NCC(=O)NCC(=O)OCc1ccccc1. The summed E-state index contributed by atoms with van der Waals surface area (Å²) in [5, 5.41) is 4.68. The van der Waals surface area contributed by atoms with E-state index in [9.17, 15) is 14.4 Å². The van der Waals surface area contributed by atoms with Crippen molar-refractivity contribution in [1.29, 1.82) is 0 Å². The summed E-state index contributed by atoms with van der Waals surface area (Å²) in [4.78, 5) is 33.9. The van der Waals surface area contributed by atoms with E-state index in [0.29, 0.717) is 0 Å². The van der Waals surface area contributed by atoms with Gasteiger partial charge in [-0.25, -0.2) is 0 Å². The number of nitrogens with two attached hydrogens (primary N) is 1. The fourth-order valence-electron chi connectivity index (χ4n) is 1.35. The van der Waals surface area contributed by atoms with Crippen LogP contribution in [0.5, 0.6) is 0 Å². The number of hydrogen-bond donors (Lipinski definition) is 3. The second kappa shape index (κ2) is 8.70. The number of carbonyl (C=O) groups is 3. The molecule has 0 fully saturated rings. The van der Waals surface area contributed by atoms with E-state index in [4.69, 9.17) is 10.5 Å². The highest BCUT2D eigenvalue weighted by Gasteiger charge is 2.10. The van der Waals surface area contributed by atoms with E-state index >= 15 is 0 Å². The molecule has 0 saturated heterocycles. The van der Waals surface area contributed by atoms with Crippen LogP contribution < -0.4 is 16.4 Å². The van der Waals surface area contributed by atoms with Gasteiger partial charge in [-0.1, -0.05) is 30.3 Å². The van der Waals surface area contributed by atoms with Crippen LogP contribution in [-0.4, -0.2) is 36.9 Å². The average Bonchev–Trinajstić information content (AvgIpc) is 2.49. The molecular weight excluding hydrogens is 274 g/mol. The quantitative estimate of drug-likeness (QED) is 0.576. The lowest BCUT2D eigenvalue weighted by Crippen LogP contribution is -2.44. The zero-order valence-electron chi connectivity index (χ0n) is 11.8. The molecule has 7 nitrogen and oxygen atoms in total. The molecule has 0 spiro atoms. The van der Waals surface area contributed by atoms with Crippen molar-refractivity contribution in [1.82, 2.24) is 10.6 Å². The number of hydrogen-bond acceptors (Lipinski definition) is 5. The molecule has 4 N–H and O–H groups in total. The summed E-state index contributed by atoms with van der Waals surface area (Å²) < 4.78 is 4.98. The first-order valence-corrected chi connectivity index (χ1v) is 6.48. The smallest absolute Gasteiger partial charge is 0.325 e. The molecule has 0 aliphatic carbocycles. The molecule has 0 aromatic heterocycles. The number of esters is 1. The first-order chi connectivity index (χ1) is 9.99. The van der Waals surface area contributed by atoms with E-state index in [0.717, 1.165) is 5.56 Å². The zero-order chi connectivity index (χ0) is 15.7. The van der Waals surface area contributed by atoms with Crippen molar-refractivity contribution in [3.8, 4) is 0 Å². The monoisotopic (exact) mass is 293 g/mol. The van der Waals surface area contributed by atoms with Gasteiger partial charge in [0, 0.05) is 0 Å². The standard InChI is InChI=1S/C14H19N3O4/c1-10(15)14(20)17-7-12(18)16-8-13(19)21-9-11-5-3-2-4-6-11/h2-6,10H,7-9,15H2,1H3,(H,16,18)(H,17,20)/t10-/m1/s1. The third-order valence-corrected chi connectivity index (χ3v) is 2.51. The van der Waals surface area contributed by atoms with Crippen molar-refractivity contribution in [3.05, 3.63) is 35.9 Å². The fraction of sp³-hybridized carbons (Fsp3) is 0.357. The van der Waals surface area contributed by atoms with Crippen LogP contribution in [0, 0.1) is 0 Å². The molecule has 1 aromatic rings. The Hall–Kier alpha value is -2.41. The molecule has 7 heteroatoms. The summed E-state index contributed by atoms with van der Waals surface area (Å²) in [5.41, 5.74) is 6.18. The van der Waals surface area contributed by atoms with Gasteiger partial charge in [0.05, 0.1) is 12.6 Å². The van der Waals surface area contributed by atoms with Gasteiger partial charge in [-0.05, 0) is 12.5 Å². The lowest BCUT2D eigenvalue weighted by atomic mass is 10.2. The maximum atomic E-state index is 11.4. The van der Waals surface area contributed by atoms with Crippen molar-refractivity contribution in [2.45, 2.75) is 19.6 Å². The molecule has 0 unspecified atom stereocenters. The Kier molecular flexibility index (Phi) is 6.90. The van der Waals surface area contributed by atoms with Crippen LogP contribution >= 0.6 is 0 Å². The summed E-state index contributed by atoms with van der Waals surface area (Å²) in [7, 11) is 0. The van der Waals surface area contributed by atoms with Gasteiger partial charge in [-0.2, -0.15) is 0 Å². The lowest BCUT2D eigenvalue weighted by molar-refractivity contribution is -0.145. The van der Waals surface area contributed by atoms with Gasteiger partial charge < -0.3 is 21.1 Å². The molecule has 0 radical (unpaired) electrons. The zero-order valence-corrected chi connectivity index (χ0v) is 11.8. The van der Waals surface area contributed by atoms with Gasteiger partial charge in [-0.3, -0.25) is 14.4 Å². The minimum atomic E-state index is -0.686. The van der Waals surface area contributed by atoms with Crippen molar-refractivity contribution in [3.63, 3.8) is 0 Å². The molecule has 0 bridgehead atoms. The number of carbonyl (C=O) groups excluding carboxylic acids is 3. The fourth-order valence-corrected chi connectivity index (χ4v) is 1.35. The minimum Gasteiger partial charge on any atom is -0.460 e. The first kappa shape index (κ1) is 16.6. The Labute approximate surface area is 122 Å². The van der Waals surface area contributed by atoms with Crippen LogP contribution in [0.3, 0.4) is 0 Å². The highest BCUT2D eigenvalue weighted by Crippen LogP contribution is 2.00. The molecule has 0 saturated carbocycles. The van der Waals surface area contributed by atoms with E-state index in [1.54, 1.807) is 0 Å². The van der Waals surface area contributed by atoms with Gasteiger partial charge in [0.15, 0.2) is 0 Å². The van der Waals surface area contributed by atoms with E-state index in [2.05, 4.69) is 10.6 Å². The number of ether oxygens (including phenoxy) is 1. The largest absolute Gasteiger partial charge is 0.460 e. The molecule has 0 heterocycles. The molecule has 2 amide bonds. The predicted octanol–water partition coefficient (Wildman–Crippen LogP) is -0.691. The second-order valence-electron chi connectivity index (χ2n) is 4.43. The molecule has 0 aliphatic heterocycles. The van der Waals surface area contributed by atoms with Crippen LogP contribution in [0.2, 0.25) is 0 Å². The Morgan fingerprint density at radius 2 is 1.81 bits per heavy atom. The topological polar surface area (TPSA) is 111 Å². The summed E-state index contributed by atoms with van der Waals surface area (Å²) >= 11 is 0. The summed E-state index contributed by atoms with van der Waals surface area (Å²) in [6, 6.07) is 8.51. The van der Waals surface area contributed by atoms with Crippen LogP contribution in [-0.2, 0) is 25.7 Å². The summed E-state index contributed by atoms with van der Waals surface area (Å²) in [6.07, 6.45) is 0. The van der Waals surface area contributed by atoms with Gasteiger partial charge in [0.2, 0.25) is 11.8 Å². The Morgan fingerprint density at radius 3 is 2.43 bits per heavy atom. The van der Waals surface area contributed by atoms with Crippen molar-refractivity contribution < 1.29 is 19.1 Å². The van der Waals surface area contributed by atoms with Gasteiger partial charge in [0.1, 0.15) is 13.2 Å². The molecule has 114 valence electrons. The number of benzene rings is 1. The highest BCUT2D eigenvalue weighted by molar-refractivity contribution is 5.88. The highest BCUT2D eigenvalue weighted by atomic mass is 16.5. The normalized spacial score (nSPS) is 11.3. The average molecular weight is 293 g/mol. The Balaban J connectivity index is 2.18. The third-order valence-electron chi connectivity index (χ3n) is 2.51. The Bertz CT molecular complexity index is 488. The molecule has 21 heavy (non-hydrogen) atoms. The summed E-state index contributed by atoms with van der Waals surface area (Å²) in [5.74, 6) is -1.47. The third kappa shape index (κ3) is 7.07. The number of rotatable bonds is 7. The van der Waals surface area contributed by atoms with E-state index in [-0.39, 0.29) is 19.7 Å². The van der Waals surface area contributed by atoms with Crippen molar-refractivity contribution in [2.24, 2.45) is 5.73 Å². The lowest BCUT2D eigenvalue weighted by Gasteiger charge is -2.08. The number of amides is 2. The predicted molar refractivity (Wildman–Crippen MR) is 75.9 cm³/mol. The Morgan fingerprint density at radius 1 is 1.14 bits per heavy atom. The molecule has 1 aromatic carbocycles. The van der Waals surface area contributed by atoms with Gasteiger partial charge in [-0.15, -0.1) is 0 Å². The van der Waals surface area contributed by atoms with E-state index < -0.39 is 23.8 Å². The van der Waals surface area contributed by atoms with Crippen molar-refractivity contribution in [2.75, 3.05) is 13.1 Å². The van der Waals surface area contributed by atoms with E-state index in [1.807, 2.05) is 30.3 Å². The molecular formula is C14H19N3O4. The van der Waals surface area contributed by atoms with Crippen LogP contribution in [0.15, 0.2) is 30.3 Å². The van der Waals surface area contributed by atoms with E-state index in [1.165, 1.54) is 6.92 Å². The van der Waals surface area contributed by atoms with Crippen LogP contribution in [0.4, 0.5) is 0 Å². The van der Waals surface area contributed by atoms with Gasteiger partial charge >= 0.3 is 5.97 Å². The number of nitrogens with one attached hydrogen (secondary N) is 2. The first-order valence-electron chi connectivity index (χ1n) is 6.48. The molecule has 1 rings (SSSR count). The molecule has 0 aliphatic rings. The second-order valence-corrected chi connectivity index (χ2v) is 4.43.